The Labute approximate surface area is 120 Å². The van der Waals surface area contributed by atoms with Crippen molar-refractivity contribution in [3.63, 3.8) is 0 Å². The molecule has 7 heteroatoms. The Morgan fingerprint density at radius 2 is 2.12 bits per heavy atom. The van der Waals surface area contributed by atoms with Crippen LogP contribution in [-0.2, 0) is 19.6 Å². The van der Waals surface area contributed by atoms with Crippen LogP contribution in [-0.4, -0.2) is 24.4 Å². The monoisotopic (exact) mass is 260 g/mol. The molecule has 5 nitrogen and oxygen atoms in total. The summed E-state index contributed by atoms with van der Waals surface area (Å²) in [7, 11) is -4.34. The van der Waals surface area contributed by atoms with Crippen molar-refractivity contribution in [2.75, 3.05) is 0 Å². The van der Waals surface area contributed by atoms with Gasteiger partial charge >= 0.3 is 45.6 Å². The van der Waals surface area contributed by atoms with Crippen molar-refractivity contribution >= 4 is 16.1 Å². The fraction of sp³-hybridized carbons (Fsp3) is 0.667. The summed E-state index contributed by atoms with van der Waals surface area (Å²) in [6.07, 6.45) is 3.26. The first-order valence-electron chi connectivity index (χ1n) is 4.71. The van der Waals surface area contributed by atoms with E-state index >= 15 is 0 Å². The Bertz CT molecular complexity index is 317. The van der Waals surface area contributed by atoms with Crippen LogP contribution in [0, 0.1) is 0 Å². The summed E-state index contributed by atoms with van der Waals surface area (Å²) >= 11 is 0. The van der Waals surface area contributed by atoms with Gasteiger partial charge in [0, 0.05) is 12.5 Å². The van der Waals surface area contributed by atoms with Crippen LogP contribution in [0.5, 0.6) is 0 Å². The van der Waals surface area contributed by atoms with E-state index in [0.717, 1.165) is 18.9 Å². The molecule has 0 radical (unpaired) electrons. The molecule has 90 valence electrons. The van der Waals surface area contributed by atoms with Gasteiger partial charge in [-0.05, 0) is 6.42 Å². The average Bonchev–Trinajstić information content (AvgIpc) is 2.14. The summed E-state index contributed by atoms with van der Waals surface area (Å²) in [5, 5.41) is 0. The zero-order valence-electron chi connectivity index (χ0n) is 10.7. The van der Waals surface area contributed by atoms with Crippen LogP contribution in [0.15, 0.2) is 12.7 Å². The van der Waals surface area contributed by atoms with Crippen molar-refractivity contribution in [1.29, 1.82) is 0 Å². The molecule has 0 amide bonds. The Balaban J connectivity index is -0.000000980. The summed E-state index contributed by atoms with van der Waals surface area (Å²) in [6, 6.07) is 0. The molecule has 0 bridgehead atoms. The number of unbranched alkanes of at least 4 members (excludes halogenated alkanes) is 2. The summed E-state index contributed by atoms with van der Waals surface area (Å²) in [5.74, 6) is -0.853. The Morgan fingerprint density at radius 1 is 1.56 bits per heavy atom. The number of carbonyl (C=O) groups is 1. The molecule has 0 saturated carbocycles. The minimum absolute atomic E-state index is 0. The predicted octanol–water partition coefficient (Wildman–Crippen LogP) is -1.37. The summed E-state index contributed by atoms with van der Waals surface area (Å²) in [6.45, 7) is 5.10. The third kappa shape index (κ3) is 8.29. The van der Waals surface area contributed by atoms with Gasteiger partial charge in [-0.2, -0.15) is 8.42 Å². The summed E-state index contributed by atoms with van der Waals surface area (Å²) in [5.41, 5.74) is -1.48. The van der Waals surface area contributed by atoms with Crippen molar-refractivity contribution in [3.05, 3.63) is 12.7 Å². The van der Waals surface area contributed by atoms with E-state index in [1.54, 1.807) is 0 Å². The predicted molar refractivity (Wildman–Crippen MR) is 56.9 cm³/mol. The molecule has 1 unspecified atom stereocenters. The average molecular weight is 260 g/mol. The van der Waals surface area contributed by atoms with Crippen LogP contribution in [0.1, 0.15) is 34.0 Å². The van der Waals surface area contributed by atoms with E-state index in [-0.39, 0.29) is 37.4 Å². The largest absolute Gasteiger partial charge is 1.00 e. The van der Waals surface area contributed by atoms with E-state index < -0.39 is 21.5 Å². The maximum absolute atomic E-state index is 10.8. The van der Waals surface area contributed by atoms with Gasteiger partial charge in [-0.3, -0.25) is 4.55 Å². The van der Waals surface area contributed by atoms with E-state index in [2.05, 4.69) is 11.3 Å². The van der Waals surface area contributed by atoms with E-state index in [1.165, 1.54) is 0 Å². The molecule has 0 heterocycles. The Kier molecular flexibility index (Phi) is 10.6. The molecular weight excluding hydrogens is 243 g/mol. The number of esters is 1. The van der Waals surface area contributed by atoms with Gasteiger partial charge in [-0.25, -0.2) is 4.79 Å². The number of ether oxygens (including phenoxy) is 1. The SMILES string of the molecule is C=CC(=O)OC(CCCCC)S(=O)(=O)O.[H-].[Na+]. The first kappa shape index (κ1) is 18.5. The first-order chi connectivity index (χ1) is 6.91. The fourth-order valence-electron chi connectivity index (χ4n) is 1.01. The molecule has 0 spiro atoms. The smallest absolute Gasteiger partial charge is 1.00 e. The second kappa shape index (κ2) is 9.18. The van der Waals surface area contributed by atoms with Gasteiger partial charge in [-0.15, -0.1) is 0 Å². The van der Waals surface area contributed by atoms with Crippen LogP contribution in [0.4, 0.5) is 0 Å². The minimum Gasteiger partial charge on any atom is -1.00 e. The minimum atomic E-state index is -4.34. The molecular formula is C9H17NaO5S. The van der Waals surface area contributed by atoms with Crippen LogP contribution in [0.25, 0.3) is 0 Å². The van der Waals surface area contributed by atoms with Gasteiger partial charge in [0.2, 0.25) is 5.44 Å². The van der Waals surface area contributed by atoms with Gasteiger partial charge in [0.25, 0.3) is 0 Å². The maximum atomic E-state index is 10.8. The number of rotatable bonds is 7. The number of carbonyl (C=O) groups excluding carboxylic acids is 1. The fourth-order valence-corrected chi connectivity index (χ4v) is 1.69. The molecule has 1 N–H and O–H groups in total. The zero-order chi connectivity index (χ0) is 11.9. The Hall–Kier alpha value is 0.120. The van der Waals surface area contributed by atoms with Crippen molar-refractivity contribution in [3.8, 4) is 0 Å². The molecule has 0 aliphatic rings. The van der Waals surface area contributed by atoms with Crippen molar-refractivity contribution in [2.45, 2.75) is 38.0 Å². The van der Waals surface area contributed by atoms with Crippen LogP contribution < -0.4 is 29.6 Å². The second-order valence-electron chi connectivity index (χ2n) is 3.08. The standard InChI is InChI=1S/C9H16O5S.Na.H/c1-3-5-6-7-9(15(11,12)13)14-8(10)4-2;;/h4,9H,2-3,5-7H2,1H3,(H,11,12,13);;/q;+1;-1. The number of hydrogen-bond acceptors (Lipinski definition) is 4. The quantitative estimate of drug-likeness (QED) is 0.201. The molecule has 0 rings (SSSR count). The van der Waals surface area contributed by atoms with Crippen molar-refractivity contribution in [2.24, 2.45) is 0 Å². The topological polar surface area (TPSA) is 80.7 Å². The molecule has 0 fully saturated rings. The third-order valence-corrected chi connectivity index (χ3v) is 2.79. The summed E-state index contributed by atoms with van der Waals surface area (Å²) in [4.78, 5) is 10.8. The van der Waals surface area contributed by atoms with Gasteiger partial charge < -0.3 is 6.16 Å². The molecule has 0 aromatic carbocycles. The van der Waals surface area contributed by atoms with E-state index in [9.17, 15) is 13.2 Å². The molecule has 16 heavy (non-hydrogen) atoms. The summed E-state index contributed by atoms with van der Waals surface area (Å²) < 4.78 is 34.9. The van der Waals surface area contributed by atoms with Gasteiger partial charge in [0.1, 0.15) is 0 Å². The second-order valence-corrected chi connectivity index (χ2v) is 4.64. The van der Waals surface area contributed by atoms with Crippen LogP contribution in [0.3, 0.4) is 0 Å². The molecule has 0 aliphatic carbocycles. The van der Waals surface area contributed by atoms with E-state index in [4.69, 9.17) is 4.55 Å². The maximum Gasteiger partial charge on any atom is 1.00 e. The normalized spacial score (nSPS) is 12.4. The third-order valence-electron chi connectivity index (χ3n) is 1.79. The molecule has 0 aliphatic heterocycles. The first-order valence-corrected chi connectivity index (χ1v) is 6.21. The molecule has 0 saturated heterocycles. The van der Waals surface area contributed by atoms with Gasteiger partial charge in [0.05, 0.1) is 0 Å². The van der Waals surface area contributed by atoms with Gasteiger partial charge in [0.15, 0.2) is 0 Å². The Morgan fingerprint density at radius 3 is 2.50 bits per heavy atom. The van der Waals surface area contributed by atoms with Crippen molar-refractivity contribution in [1.82, 2.24) is 0 Å². The van der Waals surface area contributed by atoms with E-state index in [1.807, 2.05) is 6.92 Å². The van der Waals surface area contributed by atoms with Crippen LogP contribution in [0.2, 0.25) is 0 Å². The van der Waals surface area contributed by atoms with E-state index in [0.29, 0.717) is 6.42 Å². The number of hydrogen-bond donors (Lipinski definition) is 1. The molecule has 1 atom stereocenters. The van der Waals surface area contributed by atoms with Crippen molar-refractivity contribution < 1.29 is 53.5 Å². The van der Waals surface area contributed by atoms with Gasteiger partial charge in [-0.1, -0.05) is 26.3 Å². The molecule has 0 aromatic heterocycles. The zero-order valence-corrected chi connectivity index (χ0v) is 12.5. The van der Waals surface area contributed by atoms with Crippen LogP contribution >= 0.6 is 0 Å². The molecule has 0 aromatic rings.